The van der Waals surface area contributed by atoms with Crippen molar-refractivity contribution >= 4 is 34.4 Å². The normalized spacial score (nSPS) is 16.1. The number of benzene rings is 3. The molecule has 0 saturated carbocycles. The molecule has 1 aliphatic heterocycles. The third-order valence-electron chi connectivity index (χ3n) is 4.61. The fourth-order valence-electron chi connectivity index (χ4n) is 3.09. The first kappa shape index (κ1) is 20.6. The quantitative estimate of drug-likeness (QED) is 0.573. The number of carbonyl (C=O) groups is 2. The molecule has 1 aliphatic rings. The van der Waals surface area contributed by atoms with Crippen molar-refractivity contribution in [3.8, 4) is 0 Å². The molecule has 0 unspecified atom stereocenters. The van der Waals surface area contributed by atoms with Crippen LogP contribution in [-0.2, 0) is 22.7 Å². The summed E-state index contributed by atoms with van der Waals surface area (Å²) in [6.45, 7) is 0.864. The number of hydrogen-bond acceptors (Lipinski definition) is 4. The summed E-state index contributed by atoms with van der Waals surface area (Å²) in [7, 11) is 0. The Morgan fingerprint density at radius 1 is 0.871 bits per heavy atom. The van der Waals surface area contributed by atoms with Gasteiger partial charge in [0.15, 0.2) is 5.17 Å². The van der Waals surface area contributed by atoms with Crippen LogP contribution in [0.25, 0.3) is 0 Å². The predicted molar refractivity (Wildman–Crippen MR) is 125 cm³/mol. The highest BCUT2D eigenvalue weighted by molar-refractivity contribution is 8.18. The molecular weight excluding hydrogens is 406 g/mol. The second-order valence-electron chi connectivity index (χ2n) is 6.93. The van der Waals surface area contributed by atoms with Crippen LogP contribution in [0.15, 0.2) is 107 Å². The van der Waals surface area contributed by atoms with Crippen LogP contribution in [0.3, 0.4) is 0 Å². The van der Waals surface area contributed by atoms with E-state index >= 15 is 0 Å². The molecule has 1 fully saturated rings. The Kier molecular flexibility index (Phi) is 6.59. The lowest BCUT2D eigenvalue weighted by atomic mass is 10.2. The molecule has 1 N–H and O–H groups in total. The van der Waals surface area contributed by atoms with Crippen LogP contribution < -0.4 is 5.32 Å². The summed E-state index contributed by atoms with van der Waals surface area (Å²) < 4.78 is 0. The summed E-state index contributed by atoms with van der Waals surface area (Å²) in [6.07, 6.45) is 1.35. The molecule has 0 aliphatic carbocycles. The maximum atomic E-state index is 13.1. The molecule has 154 valence electrons. The van der Waals surface area contributed by atoms with E-state index in [1.807, 2.05) is 78.9 Å². The van der Waals surface area contributed by atoms with Gasteiger partial charge in [0.1, 0.15) is 0 Å². The molecule has 5 nitrogen and oxygen atoms in total. The SMILES string of the molecule is O=C(/C=C1\SC(=NCc2ccccc2)N(Cc2ccccc2)C1=O)Nc1ccccc1. The van der Waals surface area contributed by atoms with Crippen molar-refractivity contribution in [2.24, 2.45) is 4.99 Å². The fraction of sp³-hybridized carbons (Fsp3) is 0.0800. The van der Waals surface area contributed by atoms with Gasteiger partial charge in [-0.1, -0.05) is 78.9 Å². The van der Waals surface area contributed by atoms with Crippen molar-refractivity contribution in [1.29, 1.82) is 0 Å². The summed E-state index contributed by atoms with van der Waals surface area (Å²) in [4.78, 5) is 32.2. The van der Waals surface area contributed by atoms with Crippen molar-refractivity contribution in [3.63, 3.8) is 0 Å². The van der Waals surface area contributed by atoms with Gasteiger partial charge in [0.2, 0.25) is 5.91 Å². The van der Waals surface area contributed by atoms with Gasteiger partial charge in [-0.25, -0.2) is 0 Å². The molecule has 1 heterocycles. The van der Waals surface area contributed by atoms with Crippen LogP contribution in [0, 0.1) is 0 Å². The van der Waals surface area contributed by atoms with E-state index in [-0.39, 0.29) is 11.8 Å². The van der Waals surface area contributed by atoms with E-state index in [4.69, 9.17) is 0 Å². The first-order valence-electron chi connectivity index (χ1n) is 9.89. The molecule has 0 spiro atoms. The molecule has 6 heteroatoms. The highest BCUT2D eigenvalue weighted by Crippen LogP contribution is 2.32. The van der Waals surface area contributed by atoms with Gasteiger partial charge in [0.05, 0.1) is 18.0 Å². The summed E-state index contributed by atoms with van der Waals surface area (Å²) in [6, 6.07) is 28.8. The average Bonchev–Trinajstić information content (AvgIpc) is 3.08. The van der Waals surface area contributed by atoms with Crippen molar-refractivity contribution < 1.29 is 9.59 Å². The minimum Gasteiger partial charge on any atom is -0.322 e. The molecule has 0 bridgehead atoms. The highest BCUT2D eigenvalue weighted by atomic mass is 32.2. The van der Waals surface area contributed by atoms with E-state index in [0.717, 1.165) is 11.1 Å². The van der Waals surface area contributed by atoms with Gasteiger partial charge in [0.25, 0.3) is 5.91 Å². The predicted octanol–water partition coefficient (Wildman–Crippen LogP) is 4.84. The molecule has 0 atom stereocenters. The Labute approximate surface area is 185 Å². The van der Waals surface area contributed by atoms with Crippen LogP contribution in [0.4, 0.5) is 5.69 Å². The minimum atomic E-state index is -0.342. The molecular formula is C25H21N3O2S. The number of hydrogen-bond donors (Lipinski definition) is 1. The third-order valence-corrected chi connectivity index (χ3v) is 5.66. The molecule has 0 aromatic heterocycles. The lowest BCUT2D eigenvalue weighted by Crippen LogP contribution is -2.29. The summed E-state index contributed by atoms with van der Waals surface area (Å²) in [5.74, 6) is -0.560. The molecule has 3 aromatic rings. The number of amidine groups is 1. The van der Waals surface area contributed by atoms with Crippen LogP contribution >= 0.6 is 11.8 Å². The van der Waals surface area contributed by atoms with Gasteiger partial charge in [-0.05, 0) is 35.0 Å². The standard InChI is InChI=1S/C25H21N3O2S/c29-23(27-21-14-8-3-9-15-21)16-22-24(30)28(18-20-12-6-2-7-13-20)25(31-22)26-17-19-10-4-1-5-11-19/h1-16H,17-18H2,(H,27,29)/b22-16-,26-25?. The number of amides is 2. The topological polar surface area (TPSA) is 61.8 Å². The first-order valence-corrected chi connectivity index (χ1v) is 10.7. The molecule has 3 aromatic carbocycles. The Morgan fingerprint density at radius 3 is 2.10 bits per heavy atom. The van der Waals surface area contributed by atoms with Gasteiger partial charge >= 0.3 is 0 Å². The van der Waals surface area contributed by atoms with E-state index < -0.39 is 0 Å². The number of rotatable bonds is 6. The zero-order valence-electron chi connectivity index (χ0n) is 16.8. The second kappa shape index (κ2) is 9.91. The number of carbonyl (C=O) groups excluding carboxylic acids is 2. The number of anilines is 1. The zero-order chi connectivity index (χ0) is 21.5. The largest absolute Gasteiger partial charge is 0.322 e. The van der Waals surface area contributed by atoms with Crippen LogP contribution in [0.5, 0.6) is 0 Å². The molecule has 1 saturated heterocycles. The highest BCUT2D eigenvalue weighted by Gasteiger charge is 2.33. The van der Waals surface area contributed by atoms with Crippen LogP contribution in [0.2, 0.25) is 0 Å². The maximum absolute atomic E-state index is 13.1. The van der Waals surface area contributed by atoms with E-state index in [2.05, 4.69) is 10.3 Å². The molecule has 31 heavy (non-hydrogen) atoms. The van der Waals surface area contributed by atoms with Gasteiger partial charge in [-0.2, -0.15) is 0 Å². The summed E-state index contributed by atoms with van der Waals surface area (Å²) in [5, 5.41) is 3.38. The Morgan fingerprint density at radius 2 is 1.45 bits per heavy atom. The van der Waals surface area contributed by atoms with Crippen molar-refractivity contribution in [2.75, 3.05) is 5.32 Å². The number of nitrogens with one attached hydrogen (secondary N) is 1. The van der Waals surface area contributed by atoms with Gasteiger partial charge in [-0.3, -0.25) is 19.5 Å². The van der Waals surface area contributed by atoms with E-state index in [9.17, 15) is 9.59 Å². The van der Waals surface area contributed by atoms with Crippen molar-refractivity contribution in [1.82, 2.24) is 4.90 Å². The lowest BCUT2D eigenvalue weighted by Gasteiger charge is -2.15. The van der Waals surface area contributed by atoms with E-state index in [1.54, 1.807) is 17.0 Å². The smallest absolute Gasteiger partial charge is 0.267 e. The average molecular weight is 428 g/mol. The molecule has 4 rings (SSSR count). The Balaban J connectivity index is 1.56. The van der Waals surface area contributed by atoms with Gasteiger partial charge in [-0.15, -0.1) is 0 Å². The van der Waals surface area contributed by atoms with Gasteiger partial charge < -0.3 is 5.32 Å². The first-order chi connectivity index (χ1) is 15.2. The Bertz CT molecular complexity index is 1110. The third kappa shape index (κ3) is 5.49. The minimum absolute atomic E-state index is 0.219. The number of thioether (sulfide) groups is 1. The second-order valence-corrected chi connectivity index (χ2v) is 7.94. The molecule has 2 amide bonds. The number of aliphatic imine (C=N–C) groups is 1. The van der Waals surface area contributed by atoms with Crippen LogP contribution in [-0.4, -0.2) is 21.9 Å². The lowest BCUT2D eigenvalue weighted by molar-refractivity contribution is -0.123. The van der Waals surface area contributed by atoms with Crippen molar-refractivity contribution in [3.05, 3.63) is 113 Å². The Hall–Kier alpha value is -3.64. The van der Waals surface area contributed by atoms with Crippen molar-refractivity contribution in [2.45, 2.75) is 13.1 Å². The van der Waals surface area contributed by atoms with Crippen LogP contribution in [0.1, 0.15) is 11.1 Å². The summed E-state index contributed by atoms with van der Waals surface area (Å²) in [5.41, 5.74) is 2.74. The molecule has 0 radical (unpaired) electrons. The fourth-order valence-corrected chi connectivity index (χ4v) is 4.04. The summed E-state index contributed by atoms with van der Waals surface area (Å²) >= 11 is 1.23. The maximum Gasteiger partial charge on any atom is 0.267 e. The number of para-hydroxylation sites is 1. The monoisotopic (exact) mass is 427 g/mol. The van der Waals surface area contributed by atoms with Gasteiger partial charge in [0, 0.05) is 11.8 Å². The number of nitrogens with zero attached hydrogens (tertiary/aromatic N) is 2. The van der Waals surface area contributed by atoms with E-state index in [0.29, 0.717) is 28.8 Å². The zero-order valence-corrected chi connectivity index (χ0v) is 17.6. The van der Waals surface area contributed by atoms with E-state index in [1.165, 1.54) is 17.8 Å².